The minimum atomic E-state index is -0.488. The number of ketones is 1. The Labute approximate surface area is 183 Å². The second-order valence-corrected chi connectivity index (χ2v) is 7.38. The van der Waals surface area contributed by atoms with E-state index in [-0.39, 0.29) is 11.7 Å². The largest absolute Gasteiger partial charge is 0.492 e. The van der Waals surface area contributed by atoms with Gasteiger partial charge in [0.15, 0.2) is 5.78 Å². The fourth-order valence-electron chi connectivity index (χ4n) is 3.28. The van der Waals surface area contributed by atoms with Crippen LogP contribution in [0.1, 0.15) is 83.1 Å². The molecule has 2 rings (SSSR count). The first-order valence-corrected chi connectivity index (χ1v) is 10.7. The molecule has 0 aliphatic heterocycles. The molecule has 2 aromatic rings. The molecule has 31 heavy (non-hydrogen) atoms. The molecule has 1 amide bonds. The van der Waals surface area contributed by atoms with Crippen molar-refractivity contribution in [3.63, 3.8) is 0 Å². The van der Waals surface area contributed by atoms with Crippen LogP contribution in [0.4, 0.5) is 5.69 Å². The summed E-state index contributed by atoms with van der Waals surface area (Å²) in [5.41, 5.74) is 2.48. The van der Waals surface area contributed by atoms with E-state index in [9.17, 15) is 14.4 Å². The van der Waals surface area contributed by atoms with Gasteiger partial charge in [0, 0.05) is 11.1 Å². The van der Waals surface area contributed by atoms with E-state index in [0.29, 0.717) is 34.7 Å². The number of Topliss-reactive ketones (excluding diaryl/α,β-unsaturated/α-hetero) is 1. The minimum Gasteiger partial charge on any atom is -0.492 e. The Morgan fingerprint density at radius 1 is 0.903 bits per heavy atom. The van der Waals surface area contributed by atoms with Gasteiger partial charge < -0.3 is 14.8 Å². The summed E-state index contributed by atoms with van der Waals surface area (Å²) in [6.45, 7) is 5.88. The van der Waals surface area contributed by atoms with E-state index in [4.69, 9.17) is 9.47 Å². The molecular formula is C25H31NO5. The van der Waals surface area contributed by atoms with Crippen LogP contribution >= 0.6 is 0 Å². The molecule has 0 heterocycles. The fraction of sp³-hybridized carbons (Fsp3) is 0.400. The fourth-order valence-corrected chi connectivity index (χ4v) is 3.28. The molecule has 0 aliphatic rings. The summed E-state index contributed by atoms with van der Waals surface area (Å²) >= 11 is 0. The van der Waals surface area contributed by atoms with Crippen LogP contribution in [0, 0.1) is 0 Å². The molecule has 0 aromatic heterocycles. The summed E-state index contributed by atoms with van der Waals surface area (Å²) in [7, 11) is 1.32. The third-order valence-corrected chi connectivity index (χ3v) is 4.93. The van der Waals surface area contributed by atoms with E-state index in [1.165, 1.54) is 20.1 Å². The summed E-state index contributed by atoms with van der Waals surface area (Å²) in [5, 5.41) is 2.83. The molecule has 0 saturated carbocycles. The van der Waals surface area contributed by atoms with E-state index in [1.807, 2.05) is 6.92 Å². The van der Waals surface area contributed by atoms with Gasteiger partial charge >= 0.3 is 5.97 Å². The smallest absolute Gasteiger partial charge is 0.337 e. The van der Waals surface area contributed by atoms with Gasteiger partial charge in [-0.3, -0.25) is 9.59 Å². The highest BCUT2D eigenvalue weighted by Crippen LogP contribution is 2.27. The number of nitrogens with one attached hydrogen (secondary N) is 1. The Morgan fingerprint density at radius 3 is 2.29 bits per heavy atom. The molecule has 0 unspecified atom stereocenters. The lowest BCUT2D eigenvalue weighted by Gasteiger charge is -2.14. The van der Waals surface area contributed by atoms with Gasteiger partial charge in [0.1, 0.15) is 5.75 Å². The quantitative estimate of drug-likeness (QED) is 0.294. The van der Waals surface area contributed by atoms with E-state index in [1.54, 1.807) is 30.3 Å². The molecule has 0 aliphatic carbocycles. The van der Waals surface area contributed by atoms with Crippen molar-refractivity contribution in [1.82, 2.24) is 0 Å². The lowest BCUT2D eigenvalue weighted by Crippen LogP contribution is -2.15. The number of hydrogen-bond acceptors (Lipinski definition) is 5. The summed E-state index contributed by atoms with van der Waals surface area (Å²) in [4.78, 5) is 36.9. The van der Waals surface area contributed by atoms with Crippen molar-refractivity contribution in [2.24, 2.45) is 0 Å². The molecule has 0 spiro atoms. The molecule has 1 N–H and O–H groups in total. The molecule has 0 bridgehead atoms. The molecule has 0 radical (unpaired) electrons. The zero-order valence-electron chi connectivity index (χ0n) is 18.7. The highest BCUT2D eigenvalue weighted by molar-refractivity contribution is 6.07. The van der Waals surface area contributed by atoms with Crippen molar-refractivity contribution >= 4 is 23.3 Å². The van der Waals surface area contributed by atoms with E-state index >= 15 is 0 Å². The van der Waals surface area contributed by atoms with E-state index in [2.05, 4.69) is 12.2 Å². The minimum absolute atomic E-state index is 0.111. The highest BCUT2D eigenvalue weighted by atomic mass is 16.5. The van der Waals surface area contributed by atoms with Gasteiger partial charge in [-0.05, 0) is 68.7 Å². The lowest BCUT2D eigenvalue weighted by atomic mass is 10.00. The Hall–Kier alpha value is -3.15. The number of methoxy groups -OCH3 is 1. The zero-order valence-corrected chi connectivity index (χ0v) is 18.7. The van der Waals surface area contributed by atoms with Gasteiger partial charge in [-0.25, -0.2) is 4.79 Å². The predicted octanol–water partition coefficient (Wildman–Crippen LogP) is 5.45. The van der Waals surface area contributed by atoms with Crippen molar-refractivity contribution < 1.29 is 23.9 Å². The highest BCUT2D eigenvalue weighted by Gasteiger charge is 2.16. The molecule has 166 valence electrons. The van der Waals surface area contributed by atoms with Crippen molar-refractivity contribution in [2.45, 2.75) is 52.9 Å². The first-order chi connectivity index (χ1) is 14.9. The van der Waals surface area contributed by atoms with Crippen LogP contribution in [0.2, 0.25) is 0 Å². The SMILES string of the molecule is CCCCCCc1cc(C(=O)Nc2cc(C(C)=O)ccc2OCC)cc(C(=O)OC)c1. The second kappa shape index (κ2) is 11.9. The van der Waals surface area contributed by atoms with Crippen LogP contribution in [0.3, 0.4) is 0 Å². The van der Waals surface area contributed by atoms with Crippen LogP contribution in [0.25, 0.3) is 0 Å². The average Bonchev–Trinajstić information content (AvgIpc) is 2.77. The molecular weight excluding hydrogens is 394 g/mol. The average molecular weight is 426 g/mol. The number of rotatable bonds is 11. The summed E-state index contributed by atoms with van der Waals surface area (Å²) < 4.78 is 10.4. The number of hydrogen-bond donors (Lipinski definition) is 1. The number of unbranched alkanes of at least 4 members (excludes halogenated alkanes) is 3. The number of carbonyl (C=O) groups is 3. The number of aryl methyl sites for hydroxylation is 1. The molecule has 6 heteroatoms. The Kier molecular flexibility index (Phi) is 9.25. The second-order valence-electron chi connectivity index (χ2n) is 7.38. The van der Waals surface area contributed by atoms with Gasteiger partial charge in [0.2, 0.25) is 0 Å². The topological polar surface area (TPSA) is 81.7 Å². The van der Waals surface area contributed by atoms with Crippen molar-refractivity contribution in [2.75, 3.05) is 19.0 Å². The number of benzene rings is 2. The summed E-state index contributed by atoms with van der Waals surface area (Å²) in [6, 6.07) is 10.0. The van der Waals surface area contributed by atoms with E-state index < -0.39 is 5.97 Å². The number of esters is 1. The molecule has 6 nitrogen and oxygen atoms in total. The van der Waals surface area contributed by atoms with Crippen LogP contribution < -0.4 is 10.1 Å². The van der Waals surface area contributed by atoms with Gasteiger partial charge in [-0.2, -0.15) is 0 Å². The normalized spacial score (nSPS) is 10.5. The maximum atomic E-state index is 13.0. The van der Waals surface area contributed by atoms with E-state index in [0.717, 1.165) is 37.7 Å². The molecule has 2 aromatic carbocycles. The molecule has 0 fully saturated rings. The van der Waals surface area contributed by atoms with Gasteiger partial charge in [0.05, 0.1) is 25.0 Å². The van der Waals surface area contributed by atoms with Gasteiger partial charge in [-0.15, -0.1) is 0 Å². The summed E-state index contributed by atoms with van der Waals surface area (Å²) in [5.74, 6) is -0.509. The number of anilines is 1. The molecule has 0 saturated heterocycles. The monoisotopic (exact) mass is 425 g/mol. The van der Waals surface area contributed by atoms with Gasteiger partial charge in [-0.1, -0.05) is 26.2 Å². The van der Waals surface area contributed by atoms with Crippen LogP contribution in [-0.4, -0.2) is 31.4 Å². The maximum absolute atomic E-state index is 13.0. The Morgan fingerprint density at radius 2 is 1.65 bits per heavy atom. The van der Waals surface area contributed by atoms with Crippen molar-refractivity contribution in [3.05, 3.63) is 58.7 Å². The molecule has 0 atom stereocenters. The first-order valence-electron chi connectivity index (χ1n) is 10.7. The number of amides is 1. The number of carbonyl (C=O) groups excluding carboxylic acids is 3. The number of ether oxygens (including phenoxy) is 2. The maximum Gasteiger partial charge on any atom is 0.337 e. The third-order valence-electron chi connectivity index (χ3n) is 4.93. The van der Waals surface area contributed by atoms with Crippen LogP contribution in [0.15, 0.2) is 36.4 Å². The Balaban J connectivity index is 2.33. The van der Waals surface area contributed by atoms with Crippen LogP contribution in [0.5, 0.6) is 5.75 Å². The lowest BCUT2D eigenvalue weighted by molar-refractivity contribution is 0.0600. The summed E-state index contributed by atoms with van der Waals surface area (Å²) in [6.07, 6.45) is 5.13. The van der Waals surface area contributed by atoms with Crippen molar-refractivity contribution in [1.29, 1.82) is 0 Å². The predicted molar refractivity (Wildman–Crippen MR) is 121 cm³/mol. The standard InChI is InChI=1S/C25H31NO5/c1-5-7-8-9-10-18-13-20(15-21(14-18)25(29)30-4)24(28)26-22-16-19(17(3)27)11-12-23(22)31-6-2/h11-16H,5-10H2,1-4H3,(H,26,28). The zero-order chi connectivity index (χ0) is 22.8. The van der Waals surface area contributed by atoms with Crippen molar-refractivity contribution in [3.8, 4) is 5.75 Å². The van der Waals surface area contributed by atoms with Gasteiger partial charge in [0.25, 0.3) is 5.91 Å². The third kappa shape index (κ3) is 6.95. The first kappa shape index (κ1) is 24.1. The Bertz CT molecular complexity index is 936. The van der Waals surface area contributed by atoms with Crippen LogP contribution in [-0.2, 0) is 11.2 Å².